The van der Waals surface area contributed by atoms with Crippen molar-refractivity contribution in [2.75, 3.05) is 20.2 Å². The molecule has 4 heteroatoms. The summed E-state index contributed by atoms with van der Waals surface area (Å²) in [5.74, 6) is 0.625. The van der Waals surface area contributed by atoms with Gasteiger partial charge in [-0.25, -0.2) is 4.79 Å². The standard InChI is InChI=1S/C12H24N2O2/c1-10(11-6-4-3-5-7-11)13-12(16)14(2)8-9-15/h10-11,15H,3-9H2,1-2H3,(H,13,16). The van der Waals surface area contributed by atoms with Crippen molar-refractivity contribution >= 4 is 6.03 Å². The molecule has 1 aliphatic carbocycles. The fraction of sp³-hybridized carbons (Fsp3) is 0.917. The summed E-state index contributed by atoms with van der Waals surface area (Å²) < 4.78 is 0. The van der Waals surface area contributed by atoms with Crippen LogP contribution in [0.4, 0.5) is 4.79 Å². The van der Waals surface area contributed by atoms with Crippen LogP contribution >= 0.6 is 0 Å². The number of urea groups is 1. The lowest BCUT2D eigenvalue weighted by atomic mass is 9.85. The SMILES string of the molecule is CC(NC(=O)N(C)CCO)C1CCCCC1. The summed E-state index contributed by atoms with van der Waals surface area (Å²) >= 11 is 0. The van der Waals surface area contributed by atoms with Gasteiger partial charge in [-0.2, -0.15) is 0 Å². The van der Waals surface area contributed by atoms with Gasteiger partial charge in [-0.05, 0) is 25.7 Å². The Hall–Kier alpha value is -0.770. The van der Waals surface area contributed by atoms with E-state index in [1.54, 1.807) is 7.05 Å². The summed E-state index contributed by atoms with van der Waals surface area (Å²) in [6, 6.07) is 0.168. The minimum Gasteiger partial charge on any atom is -0.395 e. The first-order chi connectivity index (χ1) is 7.65. The van der Waals surface area contributed by atoms with E-state index in [1.165, 1.54) is 37.0 Å². The largest absolute Gasteiger partial charge is 0.395 e. The quantitative estimate of drug-likeness (QED) is 0.767. The molecule has 0 aromatic carbocycles. The molecule has 4 nitrogen and oxygen atoms in total. The Balaban J connectivity index is 2.31. The monoisotopic (exact) mass is 228 g/mol. The molecule has 0 bridgehead atoms. The Morgan fingerprint density at radius 1 is 1.44 bits per heavy atom. The van der Waals surface area contributed by atoms with Crippen LogP contribution in [-0.4, -0.2) is 42.3 Å². The molecule has 94 valence electrons. The van der Waals surface area contributed by atoms with Crippen LogP contribution in [0.15, 0.2) is 0 Å². The average Bonchev–Trinajstić information content (AvgIpc) is 2.30. The highest BCUT2D eigenvalue weighted by molar-refractivity contribution is 5.74. The predicted octanol–water partition coefficient (Wildman–Crippen LogP) is 1.59. The number of aliphatic hydroxyl groups is 1. The molecule has 0 heterocycles. The van der Waals surface area contributed by atoms with Gasteiger partial charge in [0, 0.05) is 19.6 Å². The van der Waals surface area contributed by atoms with Crippen LogP contribution in [0.1, 0.15) is 39.0 Å². The second-order valence-corrected chi connectivity index (χ2v) is 4.78. The van der Waals surface area contributed by atoms with Crippen LogP contribution in [0.2, 0.25) is 0 Å². The van der Waals surface area contributed by atoms with Gasteiger partial charge in [-0.3, -0.25) is 0 Å². The number of likely N-dealkylation sites (N-methyl/N-ethyl adjacent to an activating group) is 1. The summed E-state index contributed by atoms with van der Waals surface area (Å²) in [5.41, 5.74) is 0. The maximum Gasteiger partial charge on any atom is 0.317 e. The summed E-state index contributed by atoms with van der Waals surface area (Å²) in [7, 11) is 1.71. The molecule has 1 aliphatic rings. The van der Waals surface area contributed by atoms with E-state index in [4.69, 9.17) is 5.11 Å². The molecule has 1 rings (SSSR count). The number of hydrogen-bond donors (Lipinski definition) is 2. The fourth-order valence-electron chi connectivity index (χ4n) is 2.31. The molecule has 0 spiro atoms. The van der Waals surface area contributed by atoms with Crippen LogP contribution in [0.3, 0.4) is 0 Å². The van der Waals surface area contributed by atoms with Gasteiger partial charge < -0.3 is 15.3 Å². The first kappa shape index (κ1) is 13.3. The third-order valence-corrected chi connectivity index (χ3v) is 3.49. The number of hydrogen-bond acceptors (Lipinski definition) is 2. The molecule has 1 saturated carbocycles. The third-order valence-electron chi connectivity index (χ3n) is 3.49. The summed E-state index contributed by atoms with van der Waals surface area (Å²) in [6.45, 7) is 2.49. The lowest BCUT2D eigenvalue weighted by Gasteiger charge is -2.29. The lowest BCUT2D eigenvalue weighted by molar-refractivity contribution is 0.180. The van der Waals surface area contributed by atoms with Crippen molar-refractivity contribution in [1.29, 1.82) is 0 Å². The third kappa shape index (κ3) is 4.00. The van der Waals surface area contributed by atoms with Crippen molar-refractivity contribution in [3.63, 3.8) is 0 Å². The Kier molecular flexibility index (Phi) is 5.60. The molecule has 2 N–H and O–H groups in total. The Labute approximate surface area is 98.0 Å². The average molecular weight is 228 g/mol. The van der Waals surface area contributed by atoms with E-state index in [9.17, 15) is 4.79 Å². The van der Waals surface area contributed by atoms with Crippen molar-refractivity contribution in [3.8, 4) is 0 Å². The van der Waals surface area contributed by atoms with Crippen molar-refractivity contribution in [1.82, 2.24) is 10.2 Å². The zero-order valence-electron chi connectivity index (χ0n) is 10.4. The van der Waals surface area contributed by atoms with Gasteiger partial charge in [0.25, 0.3) is 0 Å². The van der Waals surface area contributed by atoms with Crippen LogP contribution in [0.25, 0.3) is 0 Å². The second kappa shape index (κ2) is 6.74. The number of rotatable bonds is 4. The molecule has 0 aromatic rings. The zero-order valence-corrected chi connectivity index (χ0v) is 10.4. The highest BCUT2D eigenvalue weighted by atomic mass is 16.3. The number of nitrogens with one attached hydrogen (secondary N) is 1. The maximum absolute atomic E-state index is 11.7. The molecule has 1 fully saturated rings. The first-order valence-electron chi connectivity index (χ1n) is 6.27. The Morgan fingerprint density at radius 3 is 2.62 bits per heavy atom. The second-order valence-electron chi connectivity index (χ2n) is 4.78. The van der Waals surface area contributed by atoms with E-state index in [0.29, 0.717) is 12.5 Å². The predicted molar refractivity (Wildman–Crippen MR) is 64.3 cm³/mol. The lowest BCUT2D eigenvalue weighted by Crippen LogP contribution is -2.46. The van der Waals surface area contributed by atoms with Crippen LogP contribution in [0, 0.1) is 5.92 Å². The molecular formula is C12H24N2O2. The molecule has 0 saturated heterocycles. The zero-order chi connectivity index (χ0) is 12.0. The van der Waals surface area contributed by atoms with Crippen molar-refractivity contribution in [2.24, 2.45) is 5.92 Å². The first-order valence-corrected chi connectivity index (χ1v) is 6.27. The highest BCUT2D eigenvalue weighted by Gasteiger charge is 2.22. The molecule has 1 unspecified atom stereocenters. The van der Waals surface area contributed by atoms with Crippen molar-refractivity contribution in [3.05, 3.63) is 0 Å². The van der Waals surface area contributed by atoms with Crippen molar-refractivity contribution in [2.45, 2.75) is 45.1 Å². The number of nitrogens with zero attached hydrogens (tertiary/aromatic N) is 1. The van der Waals surface area contributed by atoms with Gasteiger partial charge in [-0.15, -0.1) is 0 Å². The van der Waals surface area contributed by atoms with Gasteiger partial charge in [0.2, 0.25) is 0 Å². The van der Waals surface area contributed by atoms with E-state index in [1.807, 2.05) is 0 Å². The van der Waals surface area contributed by atoms with Crippen LogP contribution in [0.5, 0.6) is 0 Å². The molecule has 2 amide bonds. The van der Waals surface area contributed by atoms with Crippen LogP contribution < -0.4 is 5.32 Å². The smallest absolute Gasteiger partial charge is 0.317 e. The van der Waals surface area contributed by atoms with Gasteiger partial charge in [-0.1, -0.05) is 19.3 Å². The number of carbonyl (C=O) groups is 1. The summed E-state index contributed by atoms with van der Waals surface area (Å²) in [4.78, 5) is 13.2. The molecule has 0 radical (unpaired) electrons. The molecular weight excluding hydrogens is 204 g/mol. The Morgan fingerprint density at radius 2 is 2.06 bits per heavy atom. The van der Waals surface area contributed by atoms with E-state index in [0.717, 1.165) is 0 Å². The minimum atomic E-state index is -0.0767. The van der Waals surface area contributed by atoms with Crippen LogP contribution in [-0.2, 0) is 0 Å². The summed E-state index contributed by atoms with van der Waals surface area (Å²) in [5, 5.41) is 11.8. The highest BCUT2D eigenvalue weighted by Crippen LogP contribution is 2.26. The number of carbonyl (C=O) groups excluding carboxylic acids is 1. The maximum atomic E-state index is 11.7. The molecule has 0 aromatic heterocycles. The minimum absolute atomic E-state index is 0.0156. The number of amides is 2. The molecule has 16 heavy (non-hydrogen) atoms. The fourth-order valence-corrected chi connectivity index (χ4v) is 2.31. The van der Waals surface area contributed by atoms with E-state index in [-0.39, 0.29) is 18.7 Å². The van der Waals surface area contributed by atoms with Crippen molar-refractivity contribution < 1.29 is 9.90 Å². The molecule has 0 aliphatic heterocycles. The van der Waals surface area contributed by atoms with Gasteiger partial charge >= 0.3 is 6.03 Å². The van der Waals surface area contributed by atoms with E-state index in [2.05, 4.69) is 12.2 Å². The molecule has 1 atom stereocenters. The topological polar surface area (TPSA) is 52.6 Å². The van der Waals surface area contributed by atoms with Gasteiger partial charge in [0.15, 0.2) is 0 Å². The van der Waals surface area contributed by atoms with E-state index < -0.39 is 0 Å². The summed E-state index contributed by atoms with van der Waals surface area (Å²) in [6.07, 6.45) is 6.37. The number of aliphatic hydroxyl groups excluding tert-OH is 1. The normalized spacial score (nSPS) is 19.2. The van der Waals surface area contributed by atoms with E-state index >= 15 is 0 Å². The Bertz CT molecular complexity index is 215. The van der Waals surface area contributed by atoms with Gasteiger partial charge in [0.05, 0.1) is 6.61 Å². The van der Waals surface area contributed by atoms with Gasteiger partial charge in [0.1, 0.15) is 0 Å².